The topological polar surface area (TPSA) is 46.3 Å². The third-order valence-corrected chi connectivity index (χ3v) is 1.87. The lowest BCUT2D eigenvalue weighted by Crippen LogP contribution is -2.41. The minimum atomic E-state index is -2.72. The summed E-state index contributed by atoms with van der Waals surface area (Å²) < 4.78 is 25.2. The molecule has 1 fully saturated rings. The number of halogens is 2. The van der Waals surface area contributed by atoms with E-state index in [1.807, 2.05) is 0 Å². The normalized spacial score (nSPS) is 24.2. The SMILES string of the molecule is C[C@@H](N)C(=O)N1CCC(F)(F)C1. The first-order valence-corrected chi connectivity index (χ1v) is 3.84. The number of rotatable bonds is 1. The number of carbonyl (C=O) groups excluding carboxylic acids is 1. The van der Waals surface area contributed by atoms with Crippen molar-refractivity contribution >= 4 is 5.91 Å². The second kappa shape index (κ2) is 2.97. The van der Waals surface area contributed by atoms with Gasteiger partial charge >= 0.3 is 0 Å². The van der Waals surface area contributed by atoms with Gasteiger partial charge in [-0.25, -0.2) is 8.78 Å². The summed E-state index contributed by atoms with van der Waals surface area (Å²) in [5, 5.41) is 0. The zero-order chi connectivity index (χ0) is 9.35. The minimum absolute atomic E-state index is 0.118. The fourth-order valence-corrected chi connectivity index (χ4v) is 1.21. The first-order chi connectivity index (χ1) is 5.42. The molecule has 0 unspecified atom stereocenters. The van der Waals surface area contributed by atoms with Crippen LogP contribution in [0.4, 0.5) is 8.78 Å². The van der Waals surface area contributed by atoms with E-state index in [-0.39, 0.29) is 13.0 Å². The van der Waals surface area contributed by atoms with Gasteiger partial charge in [0.05, 0.1) is 12.6 Å². The Bertz CT molecular complexity index is 194. The molecular weight excluding hydrogens is 166 g/mol. The highest BCUT2D eigenvalue weighted by molar-refractivity contribution is 5.81. The molecule has 0 bridgehead atoms. The Morgan fingerprint density at radius 1 is 1.67 bits per heavy atom. The number of carbonyl (C=O) groups is 1. The van der Waals surface area contributed by atoms with Crippen LogP contribution in [0.25, 0.3) is 0 Å². The molecule has 70 valence electrons. The molecular formula is C7H12F2N2O. The Morgan fingerprint density at radius 3 is 2.58 bits per heavy atom. The minimum Gasteiger partial charge on any atom is -0.335 e. The summed E-state index contributed by atoms with van der Waals surface area (Å²) in [4.78, 5) is 12.2. The van der Waals surface area contributed by atoms with E-state index >= 15 is 0 Å². The van der Waals surface area contributed by atoms with Crippen LogP contribution in [0.3, 0.4) is 0 Å². The molecule has 1 amide bonds. The van der Waals surface area contributed by atoms with Crippen molar-refractivity contribution in [3.8, 4) is 0 Å². The molecule has 1 aliphatic rings. The monoisotopic (exact) mass is 178 g/mol. The van der Waals surface area contributed by atoms with Crippen molar-refractivity contribution < 1.29 is 13.6 Å². The number of amides is 1. The van der Waals surface area contributed by atoms with E-state index < -0.39 is 24.4 Å². The Balaban J connectivity index is 2.53. The zero-order valence-electron chi connectivity index (χ0n) is 6.89. The second-order valence-corrected chi connectivity index (χ2v) is 3.15. The third-order valence-electron chi connectivity index (χ3n) is 1.87. The van der Waals surface area contributed by atoms with Crippen molar-refractivity contribution in [2.24, 2.45) is 5.73 Å². The van der Waals surface area contributed by atoms with Gasteiger partial charge in [-0.3, -0.25) is 4.79 Å². The molecule has 2 N–H and O–H groups in total. The Kier molecular flexibility index (Phi) is 2.32. The van der Waals surface area contributed by atoms with Crippen LogP contribution in [0, 0.1) is 0 Å². The van der Waals surface area contributed by atoms with Crippen LogP contribution >= 0.6 is 0 Å². The molecule has 1 atom stereocenters. The molecule has 1 saturated heterocycles. The molecule has 0 saturated carbocycles. The standard InChI is InChI=1S/C7H12F2N2O/c1-5(10)6(12)11-3-2-7(8,9)4-11/h5H,2-4,10H2,1H3/t5-/m1/s1. The van der Waals surface area contributed by atoms with Crippen molar-refractivity contribution in [3.63, 3.8) is 0 Å². The Morgan fingerprint density at radius 2 is 2.25 bits per heavy atom. The first kappa shape index (κ1) is 9.38. The lowest BCUT2D eigenvalue weighted by molar-refractivity contribution is -0.132. The number of likely N-dealkylation sites (tertiary alicyclic amines) is 1. The van der Waals surface area contributed by atoms with E-state index in [1.54, 1.807) is 0 Å². The summed E-state index contributed by atoms with van der Waals surface area (Å²) in [5.41, 5.74) is 5.27. The predicted molar refractivity (Wildman–Crippen MR) is 39.8 cm³/mol. The highest BCUT2D eigenvalue weighted by Crippen LogP contribution is 2.26. The molecule has 0 aromatic carbocycles. The summed E-state index contributed by atoms with van der Waals surface area (Å²) in [5.74, 6) is -3.11. The Hall–Kier alpha value is -0.710. The average Bonchev–Trinajstić information content (AvgIpc) is 2.28. The molecule has 1 rings (SSSR count). The van der Waals surface area contributed by atoms with Gasteiger partial charge in [0.1, 0.15) is 0 Å². The summed E-state index contributed by atoms with van der Waals surface area (Å²) >= 11 is 0. The van der Waals surface area contributed by atoms with Crippen molar-refractivity contribution in [1.82, 2.24) is 4.90 Å². The van der Waals surface area contributed by atoms with E-state index in [0.29, 0.717) is 0 Å². The van der Waals surface area contributed by atoms with Gasteiger partial charge in [-0.2, -0.15) is 0 Å². The van der Waals surface area contributed by atoms with Crippen molar-refractivity contribution in [2.75, 3.05) is 13.1 Å². The van der Waals surface area contributed by atoms with Gasteiger partial charge in [0.25, 0.3) is 5.92 Å². The van der Waals surface area contributed by atoms with E-state index in [9.17, 15) is 13.6 Å². The van der Waals surface area contributed by atoms with Gasteiger partial charge in [-0.1, -0.05) is 0 Å². The number of alkyl halides is 2. The zero-order valence-corrected chi connectivity index (χ0v) is 6.89. The number of nitrogens with two attached hydrogens (primary N) is 1. The molecule has 0 aromatic heterocycles. The van der Waals surface area contributed by atoms with Gasteiger partial charge < -0.3 is 10.6 Å². The largest absolute Gasteiger partial charge is 0.335 e. The molecule has 0 aliphatic carbocycles. The molecule has 3 nitrogen and oxygen atoms in total. The lowest BCUT2D eigenvalue weighted by Gasteiger charge is -2.17. The first-order valence-electron chi connectivity index (χ1n) is 3.84. The summed E-state index contributed by atoms with van der Waals surface area (Å²) in [6.07, 6.45) is -0.245. The van der Waals surface area contributed by atoms with E-state index in [0.717, 1.165) is 4.90 Å². The van der Waals surface area contributed by atoms with Crippen molar-refractivity contribution in [3.05, 3.63) is 0 Å². The van der Waals surface area contributed by atoms with Gasteiger partial charge in [-0.05, 0) is 6.92 Å². The van der Waals surface area contributed by atoms with Crippen LogP contribution < -0.4 is 5.73 Å². The fourth-order valence-electron chi connectivity index (χ4n) is 1.21. The predicted octanol–water partition coefficient (Wildman–Crippen LogP) is 0.201. The second-order valence-electron chi connectivity index (χ2n) is 3.15. The van der Waals surface area contributed by atoms with Crippen LogP contribution in [-0.2, 0) is 4.79 Å². The van der Waals surface area contributed by atoms with Gasteiger partial charge in [0.15, 0.2) is 0 Å². The smallest absolute Gasteiger partial charge is 0.267 e. The van der Waals surface area contributed by atoms with Gasteiger partial charge in [0.2, 0.25) is 5.91 Å². The van der Waals surface area contributed by atoms with Crippen LogP contribution in [0.1, 0.15) is 13.3 Å². The highest BCUT2D eigenvalue weighted by atomic mass is 19.3. The number of hydrogen-bond donors (Lipinski definition) is 1. The van der Waals surface area contributed by atoms with Gasteiger partial charge in [0, 0.05) is 13.0 Å². The van der Waals surface area contributed by atoms with Crippen molar-refractivity contribution in [2.45, 2.75) is 25.3 Å². The molecule has 12 heavy (non-hydrogen) atoms. The van der Waals surface area contributed by atoms with Gasteiger partial charge in [-0.15, -0.1) is 0 Å². The van der Waals surface area contributed by atoms with E-state index in [2.05, 4.69) is 0 Å². The molecule has 5 heteroatoms. The fraction of sp³-hybridized carbons (Fsp3) is 0.857. The van der Waals surface area contributed by atoms with E-state index in [1.165, 1.54) is 6.92 Å². The molecule has 0 spiro atoms. The number of hydrogen-bond acceptors (Lipinski definition) is 2. The van der Waals surface area contributed by atoms with Crippen LogP contribution in [-0.4, -0.2) is 35.9 Å². The third kappa shape index (κ3) is 1.91. The maximum absolute atomic E-state index is 12.6. The van der Waals surface area contributed by atoms with E-state index in [4.69, 9.17) is 5.73 Å². The summed E-state index contributed by atoms with van der Waals surface area (Å²) in [6.45, 7) is 1.14. The quantitative estimate of drug-likeness (QED) is 0.623. The molecule has 0 radical (unpaired) electrons. The molecule has 0 aromatic rings. The summed E-state index contributed by atoms with van der Waals surface area (Å²) in [7, 11) is 0. The highest BCUT2D eigenvalue weighted by Gasteiger charge is 2.40. The average molecular weight is 178 g/mol. The molecule has 1 aliphatic heterocycles. The van der Waals surface area contributed by atoms with Crippen LogP contribution in [0.5, 0.6) is 0 Å². The maximum atomic E-state index is 12.6. The maximum Gasteiger partial charge on any atom is 0.267 e. The number of nitrogens with zero attached hydrogens (tertiary/aromatic N) is 1. The van der Waals surface area contributed by atoms with Crippen LogP contribution in [0.15, 0.2) is 0 Å². The Labute approximate surface area is 69.5 Å². The molecule has 1 heterocycles. The summed E-state index contributed by atoms with van der Waals surface area (Å²) in [6, 6.07) is -0.682. The lowest BCUT2D eigenvalue weighted by atomic mass is 10.3. The van der Waals surface area contributed by atoms with Crippen LogP contribution in [0.2, 0.25) is 0 Å². The van der Waals surface area contributed by atoms with Crippen molar-refractivity contribution in [1.29, 1.82) is 0 Å².